The third kappa shape index (κ3) is 5.07. The molecule has 0 saturated carbocycles. The molecule has 0 fully saturated rings. The zero-order valence-electron chi connectivity index (χ0n) is 16.0. The minimum atomic E-state index is -1.41. The molecule has 0 aliphatic heterocycles. The molecule has 29 heavy (non-hydrogen) atoms. The molecule has 3 aromatic carbocycles. The summed E-state index contributed by atoms with van der Waals surface area (Å²) in [6.45, 7) is 3.73. The number of rotatable bonds is 5. The van der Waals surface area contributed by atoms with Crippen LogP contribution in [0.2, 0.25) is 0 Å². The molecule has 0 heterocycles. The summed E-state index contributed by atoms with van der Waals surface area (Å²) in [7, 11) is 0. The second-order valence-corrected chi connectivity index (χ2v) is 6.73. The molecular weight excluding hydrogens is 368 g/mol. The van der Waals surface area contributed by atoms with Crippen molar-refractivity contribution in [2.24, 2.45) is 0 Å². The number of aromatic carboxylic acids is 1. The summed E-state index contributed by atoms with van der Waals surface area (Å²) in [5.74, 6) is -2.19. The van der Waals surface area contributed by atoms with E-state index < -0.39 is 5.97 Å². The maximum Gasteiger partial charge on any atom is 0.255 e. The van der Waals surface area contributed by atoms with Crippen LogP contribution in [0.4, 0.5) is 11.4 Å². The molecule has 0 unspecified atom stereocenters. The van der Waals surface area contributed by atoms with E-state index in [1.165, 1.54) is 18.2 Å². The smallest absolute Gasteiger partial charge is 0.255 e. The van der Waals surface area contributed by atoms with Crippen molar-refractivity contribution >= 4 is 29.2 Å². The number of carboxylic acids is 1. The van der Waals surface area contributed by atoms with Crippen LogP contribution in [-0.2, 0) is 0 Å². The van der Waals surface area contributed by atoms with Gasteiger partial charge in [0.25, 0.3) is 11.8 Å². The molecule has 146 valence electrons. The molecule has 0 aromatic heterocycles. The van der Waals surface area contributed by atoms with Crippen molar-refractivity contribution in [3.8, 4) is 0 Å². The topological polar surface area (TPSA) is 98.3 Å². The summed E-state index contributed by atoms with van der Waals surface area (Å²) < 4.78 is 0. The summed E-state index contributed by atoms with van der Waals surface area (Å²) in [5, 5.41) is 16.7. The highest BCUT2D eigenvalue weighted by atomic mass is 16.4. The molecule has 0 aliphatic rings. The lowest BCUT2D eigenvalue weighted by molar-refractivity contribution is -0.255. The summed E-state index contributed by atoms with van der Waals surface area (Å²) in [6.07, 6.45) is 0. The summed E-state index contributed by atoms with van der Waals surface area (Å²) in [6, 6.07) is 18.1. The average Bonchev–Trinajstić information content (AvgIpc) is 2.67. The fraction of sp³-hybridized carbons (Fsp3) is 0.0870. The van der Waals surface area contributed by atoms with E-state index in [2.05, 4.69) is 10.6 Å². The Morgan fingerprint density at radius 2 is 1.10 bits per heavy atom. The Labute approximate surface area is 168 Å². The summed E-state index contributed by atoms with van der Waals surface area (Å²) >= 11 is 0. The van der Waals surface area contributed by atoms with Crippen LogP contribution in [0.25, 0.3) is 0 Å². The van der Waals surface area contributed by atoms with Crippen molar-refractivity contribution in [3.05, 3.63) is 94.5 Å². The van der Waals surface area contributed by atoms with Crippen LogP contribution in [0.3, 0.4) is 0 Å². The highest BCUT2D eigenvalue weighted by Gasteiger charge is 2.11. The lowest BCUT2D eigenvalue weighted by Gasteiger charge is -2.13. The minimum absolute atomic E-state index is 0.161. The van der Waals surface area contributed by atoms with Gasteiger partial charge in [-0.3, -0.25) is 9.59 Å². The standard InChI is InChI=1S/C23H20N2O4/c1-14-5-3-7-16(9-14)21(26)24-19-11-18(23(28)29)12-20(13-19)25-22(27)17-8-4-6-15(2)10-17/h3-13H,1-2H3,(H,24,26)(H,25,27)(H,28,29)/p-1. The van der Waals surface area contributed by atoms with Crippen molar-refractivity contribution in [3.63, 3.8) is 0 Å². The van der Waals surface area contributed by atoms with E-state index in [1.807, 2.05) is 26.0 Å². The van der Waals surface area contributed by atoms with Crippen molar-refractivity contribution in [1.29, 1.82) is 0 Å². The largest absolute Gasteiger partial charge is 0.545 e. The molecule has 3 rings (SSSR count). The molecule has 6 heteroatoms. The SMILES string of the molecule is Cc1cccc(C(=O)Nc2cc(NC(=O)c3cccc(C)c3)cc(C(=O)[O-])c2)c1. The first kappa shape index (κ1) is 19.8. The molecule has 0 atom stereocenters. The maximum atomic E-state index is 12.5. The van der Waals surface area contributed by atoms with Crippen LogP contribution in [-0.4, -0.2) is 17.8 Å². The molecule has 2 amide bonds. The number of benzene rings is 3. The molecule has 0 aliphatic carbocycles. The molecular formula is C23H19N2O4-. The maximum absolute atomic E-state index is 12.5. The van der Waals surface area contributed by atoms with Gasteiger partial charge in [0.05, 0.1) is 5.97 Å². The van der Waals surface area contributed by atoms with E-state index in [0.29, 0.717) is 11.1 Å². The Kier molecular flexibility index (Phi) is 5.74. The van der Waals surface area contributed by atoms with Crippen LogP contribution in [0.1, 0.15) is 42.2 Å². The zero-order chi connectivity index (χ0) is 21.0. The summed E-state index contributed by atoms with van der Waals surface area (Å²) in [4.78, 5) is 36.3. The van der Waals surface area contributed by atoms with Gasteiger partial charge in [-0.05, 0) is 56.3 Å². The highest BCUT2D eigenvalue weighted by Crippen LogP contribution is 2.21. The van der Waals surface area contributed by atoms with E-state index in [1.54, 1.807) is 36.4 Å². The average molecular weight is 387 g/mol. The predicted octanol–water partition coefficient (Wildman–Crippen LogP) is 3.17. The number of carboxylic acid groups (broad SMARTS) is 1. The van der Waals surface area contributed by atoms with Crippen LogP contribution in [0.15, 0.2) is 66.7 Å². The number of amides is 2. The first-order chi connectivity index (χ1) is 13.8. The normalized spacial score (nSPS) is 10.3. The van der Waals surface area contributed by atoms with Gasteiger partial charge in [0.15, 0.2) is 0 Å². The molecule has 0 radical (unpaired) electrons. The third-order valence-corrected chi connectivity index (χ3v) is 4.24. The zero-order valence-corrected chi connectivity index (χ0v) is 16.0. The van der Waals surface area contributed by atoms with Crippen LogP contribution >= 0.6 is 0 Å². The molecule has 0 bridgehead atoms. The Morgan fingerprint density at radius 1 is 0.655 bits per heavy atom. The first-order valence-corrected chi connectivity index (χ1v) is 8.94. The van der Waals surface area contributed by atoms with Gasteiger partial charge in [-0.1, -0.05) is 35.4 Å². The van der Waals surface area contributed by atoms with Crippen LogP contribution < -0.4 is 15.7 Å². The van der Waals surface area contributed by atoms with Crippen molar-refractivity contribution < 1.29 is 19.5 Å². The van der Waals surface area contributed by atoms with Crippen molar-refractivity contribution in [2.75, 3.05) is 10.6 Å². The van der Waals surface area contributed by atoms with E-state index in [-0.39, 0.29) is 28.8 Å². The second kappa shape index (κ2) is 8.39. The quantitative estimate of drug-likeness (QED) is 0.702. The number of carbonyl (C=O) groups is 3. The lowest BCUT2D eigenvalue weighted by Crippen LogP contribution is -2.23. The van der Waals surface area contributed by atoms with Gasteiger partial charge in [0.1, 0.15) is 0 Å². The fourth-order valence-electron chi connectivity index (χ4n) is 2.87. The lowest BCUT2D eigenvalue weighted by atomic mass is 10.1. The van der Waals surface area contributed by atoms with Gasteiger partial charge < -0.3 is 20.5 Å². The highest BCUT2D eigenvalue weighted by molar-refractivity contribution is 6.07. The molecule has 3 aromatic rings. The first-order valence-electron chi connectivity index (χ1n) is 8.94. The number of anilines is 2. The van der Waals surface area contributed by atoms with E-state index in [9.17, 15) is 19.5 Å². The fourth-order valence-corrected chi connectivity index (χ4v) is 2.87. The van der Waals surface area contributed by atoms with E-state index >= 15 is 0 Å². The number of carbonyl (C=O) groups excluding carboxylic acids is 3. The summed E-state index contributed by atoms with van der Waals surface area (Å²) in [5.41, 5.74) is 3.03. The number of hydrogen-bond donors (Lipinski definition) is 2. The third-order valence-electron chi connectivity index (χ3n) is 4.24. The molecule has 0 saturated heterocycles. The van der Waals surface area contributed by atoms with E-state index in [4.69, 9.17) is 0 Å². The van der Waals surface area contributed by atoms with Crippen molar-refractivity contribution in [1.82, 2.24) is 0 Å². The van der Waals surface area contributed by atoms with Gasteiger partial charge >= 0.3 is 0 Å². The van der Waals surface area contributed by atoms with Gasteiger partial charge in [-0.15, -0.1) is 0 Å². The second-order valence-electron chi connectivity index (χ2n) is 6.73. The van der Waals surface area contributed by atoms with Crippen molar-refractivity contribution in [2.45, 2.75) is 13.8 Å². The Bertz CT molecular complexity index is 1030. The van der Waals surface area contributed by atoms with Gasteiger partial charge in [0, 0.05) is 28.1 Å². The van der Waals surface area contributed by atoms with Gasteiger partial charge in [0.2, 0.25) is 0 Å². The number of hydrogen-bond acceptors (Lipinski definition) is 4. The monoisotopic (exact) mass is 387 g/mol. The Hall–Kier alpha value is -3.93. The molecule has 2 N–H and O–H groups in total. The van der Waals surface area contributed by atoms with Crippen LogP contribution in [0.5, 0.6) is 0 Å². The number of nitrogens with one attached hydrogen (secondary N) is 2. The Balaban J connectivity index is 1.87. The minimum Gasteiger partial charge on any atom is -0.545 e. The number of aryl methyl sites for hydroxylation is 2. The van der Waals surface area contributed by atoms with Gasteiger partial charge in [-0.2, -0.15) is 0 Å². The predicted molar refractivity (Wildman–Crippen MR) is 109 cm³/mol. The Morgan fingerprint density at radius 3 is 1.48 bits per heavy atom. The molecule has 6 nitrogen and oxygen atoms in total. The molecule has 0 spiro atoms. The van der Waals surface area contributed by atoms with Gasteiger partial charge in [-0.25, -0.2) is 0 Å². The van der Waals surface area contributed by atoms with E-state index in [0.717, 1.165) is 11.1 Å². The van der Waals surface area contributed by atoms with Crippen LogP contribution in [0, 0.1) is 13.8 Å².